The average molecular weight is 1090 g/mol. The molecule has 5 amide bonds. The van der Waals surface area contributed by atoms with Gasteiger partial charge in [-0.15, -0.1) is 16.4 Å². The van der Waals surface area contributed by atoms with Gasteiger partial charge < -0.3 is 29.1 Å². The highest BCUT2D eigenvalue weighted by Gasteiger charge is 2.45. The lowest BCUT2D eigenvalue weighted by molar-refractivity contribution is -0.179. The van der Waals surface area contributed by atoms with E-state index in [0.717, 1.165) is 32.7 Å². The summed E-state index contributed by atoms with van der Waals surface area (Å²) in [5.41, 5.74) is -2.73. The van der Waals surface area contributed by atoms with Gasteiger partial charge in [0, 0.05) is 24.2 Å². The minimum Gasteiger partial charge on any atom is -0.485 e. The number of anilines is 1. The molecule has 3 N–H and O–H groups in total. The van der Waals surface area contributed by atoms with Crippen LogP contribution < -0.4 is 30.5 Å². The van der Waals surface area contributed by atoms with Gasteiger partial charge in [0.25, 0.3) is 11.8 Å². The van der Waals surface area contributed by atoms with Crippen molar-refractivity contribution in [3.8, 4) is 23.0 Å². The van der Waals surface area contributed by atoms with Gasteiger partial charge >= 0.3 is 34.0 Å². The normalized spacial score (nSPS) is 14.1. The number of β-lactam (4-membered cyclic amide) rings is 1. The molecule has 1 atom stereocenters. The minimum atomic E-state index is -5.23. The molecule has 4 aromatic heterocycles. The number of aryl methyl sites for hydroxylation is 2. The highest BCUT2D eigenvalue weighted by Crippen LogP contribution is 2.32. The second-order valence-electron chi connectivity index (χ2n) is 19.6. The fourth-order valence-electron chi connectivity index (χ4n) is 6.76. The van der Waals surface area contributed by atoms with E-state index in [2.05, 4.69) is 36.0 Å². The molecule has 0 radical (unpaired) electrons. The van der Waals surface area contributed by atoms with Gasteiger partial charge in [-0.25, -0.2) is 33.9 Å². The molecule has 6 aromatic rings. The molecule has 0 aliphatic carbocycles. The summed E-state index contributed by atoms with van der Waals surface area (Å²) in [5.74, 6) is -2.82. The molecule has 0 bridgehead atoms. The predicted octanol–water partition coefficient (Wildman–Crippen LogP) is 4.83. The van der Waals surface area contributed by atoms with Crippen LogP contribution in [0, 0.1) is 6.92 Å². The van der Waals surface area contributed by atoms with Crippen molar-refractivity contribution < 1.29 is 56.2 Å². The number of hydrogen-bond donors (Lipinski definition) is 3. The maximum atomic E-state index is 14.2. The summed E-state index contributed by atoms with van der Waals surface area (Å²) in [6.45, 7) is 13.8. The Balaban J connectivity index is 1.12. The third-order valence-electron chi connectivity index (χ3n) is 10.6. The summed E-state index contributed by atoms with van der Waals surface area (Å²) in [6, 6.07) is 18.8. The lowest BCUT2D eigenvalue weighted by Gasteiger charge is -2.36. The number of benzene rings is 2. The Labute approximate surface area is 440 Å². The number of hydrogen-bond acceptors (Lipinski definition) is 19. The van der Waals surface area contributed by atoms with Crippen LogP contribution in [0.3, 0.4) is 0 Å². The Morgan fingerprint density at radius 1 is 0.842 bits per heavy atom. The van der Waals surface area contributed by atoms with Crippen molar-refractivity contribution in [2.24, 2.45) is 12.2 Å². The van der Waals surface area contributed by atoms with E-state index < -0.39 is 80.9 Å². The fourth-order valence-corrected chi connectivity index (χ4v) is 8.35. The summed E-state index contributed by atoms with van der Waals surface area (Å²) in [7, 11) is -3.54. The van der Waals surface area contributed by atoms with Crippen LogP contribution in [-0.4, -0.2) is 112 Å². The third kappa shape index (κ3) is 13.8. The van der Waals surface area contributed by atoms with Gasteiger partial charge in [0.05, 0.1) is 25.0 Å². The van der Waals surface area contributed by atoms with Gasteiger partial charge in [-0.1, -0.05) is 69.9 Å². The SMILES string of the molecule is Cc1cc(Cn2c(-c3cc(OCc4ccccc4)c(OCc4ccccc4)cn3)nn(S(=O)(=O)NC(=O)N3C[C@H](NC(=O)/C(=N\OC(C)(C)C(=O)OC(C)(C)C)c4csc(NC(=O)OC(C)(C)C)n4)C3=O)c2=O)nn1C. The second-order valence-corrected chi connectivity index (χ2v) is 22.0. The monoisotopic (exact) mass is 1080 g/mol. The average Bonchev–Trinajstić information content (AvgIpc) is 4.03. The van der Waals surface area contributed by atoms with E-state index >= 15 is 0 Å². The Hall–Kier alpha value is -8.46. The Morgan fingerprint density at radius 2 is 1.46 bits per heavy atom. The van der Waals surface area contributed by atoms with Crippen molar-refractivity contribution in [1.82, 2.24) is 48.4 Å². The molecule has 1 aliphatic rings. The lowest BCUT2D eigenvalue weighted by atomic mass is 10.1. The zero-order chi connectivity index (χ0) is 55.3. The van der Waals surface area contributed by atoms with Crippen LogP contribution >= 0.6 is 11.3 Å². The lowest BCUT2D eigenvalue weighted by Crippen LogP contribution is -2.68. The van der Waals surface area contributed by atoms with Crippen LogP contribution in [0.2, 0.25) is 0 Å². The van der Waals surface area contributed by atoms with Crippen molar-refractivity contribution >= 4 is 62.3 Å². The number of amides is 5. The van der Waals surface area contributed by atoms with Crippen molar-refractivity contribution in [3.05, 3.63) is 123 Å². The molecule has 76 heavy (non-hydrogen) atoms. The third-order valence-corrected chi connectivity index (χ3v) is 12.5. The van der Waals surface area contributed by atoms with Gasteiger partial charge in [-0.3, -0.25) is 29.1 Å². The first-order valence-electron chi connectivity index (χ1n) is 23.3. The van der Waals surface area contributed by atoms with E-state index in [4.69, 9.17) is 23.8 Å². The quantitative estimate of drug-likeness (QED) is 0.0449. The number of pyridine rings is 1. The van der Waals surface area contributed by atoms with E-state index in [-0.39, 0.29) is 57.7 Å². The largest absolute Gasteiger partial charge is 0.485 e. The molecule has 2 aromatic carbocycles. The maximum Gasteiger partial charge on any atom is 0.413 e. The number of carbonyl (C=O) groups excluding carboxylic acids is 5. The van der Waals surface area contributed by atoms with Gasteiger partial charge in [0.15, 0.2) is 28.2 Å². The molecule has 27 heteroatoms. The molecule has 0 saturated carbocycles. The van der Waals surface area contributed by atoms with E-state index in [9.17, 15) is 37.2 Å². The number of thiazole rings is 1. The number of likely N-dealkylation sites (tertiary alicyclic amines) is 1. The van der Waals surface area contributed by atoms with E-state index in [1.807, 2.05) is 60.7 Å². The van der Waals surface area contributed by atoms with Crippen molar-refractivity contribution in [3.63, 3.8) is 0 Å². The van der Waals surface area contributed by atoms with E-state index in [1.165, 1.54) is 31.5 Å². The summed E-state index contributed by atoms with van der Waals surface area (Å²) < 4.78 is 55.3. The smallest absolute Gasteiger partial charge is 0.413 e. The number of nitrogens with one attached hydrogen (secondary N) is 3. The highest BCUT2D eigenvalue weighted by molar-refractivity contribution is 7.88. The van der Waals surface area contributed by atoms with Crippen LogP contribution in [0.4, 0.5) is 14.7 Å². The molecule has 0 spiro atoms. The Morgan fingerprint density at radius 3 is 2.04 bits per heavy atom. The first-order chi connectivity index (χ1) is 35.7. The van der Waals surface area contributed by atoms with Gasteiger partial charge in [0.2, 0.25) is 5.60 Å². The van der Waals surface area contributed by atoms with Crippen molar-refractivity contribution in [2.45, 2.75) is 105 Å². The van der Waals surface area contributed by atoms with Crippen LogP contribution in [0.15, 0.2) is 94.3 Å². The van der Waals surface area contributed by atoms with Gasteiger partial charge in [-0.05, 0) is 79.5 Å². The molecule has 1 saturated heterocycles. The van der Waals surface area contributed by atoms with Crippen molar-refractivity contribution in [2.75, 3.05) is 11.9 Å². The number of imide groups is 1. The standard InChI is InChI=1S/C49H56N12O13S2/c1-29-21-32(54-58(29)10)24-59-39(33-22-36(70-26-30-17-13-11-14-18-30)37(23-50-33)71-27-31-19-15-12-16-20-31)55-61(46(59)67)76(68,69)57-44(65)60-25-34(41(60)63)51-40(62)38(56-74-49(8,9)42(64)72-47(2,3)4)35-28-75-43(52-35)53-45(66)73-48(5,6)7/h11-23,28,34H,24-27H2,1-10H3,(H,51,62)(H,57,65)(H,52,53,66)/b56-38-/t34-/m0/s1. The Bertz CT molecular complexity index is 3340. The molecular formula is C49H56N12O13S2. The molecule has 402 valence electrons. The van der Waals surface area contributed by atoms with Crippen molar-refractivity contribution in [1.29, 1.82) is 0 Å². The number of ether oxygens (including phenoxy) is 4. The highest BCUT2D eigenvalue weighted by atomic mass is 32.2. The fraction of sp³-hybridized carbons (Fsp3) is 0.367. The molecule has 7 rings (SSSR count). The summed E-state index contributed by atoms with van der Waals surface area (Å²) in [6.07, 6.45) is 0.506. The first-order valence-corrected chi connectivity index (χ1v) is 25.7. The molecule has 1 fully saturated rings. The minimum absolute atomic E-state index is 0.0151. The molecule has 1 aliphatic heterocycles. The summed E-state index contributed by atoms with van der Waals surface area (Å²) >= 11 is 0.886. The number of urea groups is 1. The number of esters is 1. The Kier molecular flexibility index (Phi) is 16.1. The van der Waals surface area contributed by atoms with Crippen LogP contribution in [0.5, 0.6) is 11.5 Å². The number of nitrogens with zero attached hydrogens (tertiary/aromatic N) is 9. The number of rotatable bonds is 18. The zero-order valence-electron chi connectivity index (χ0n) is 43.1. The molecule has 5 heterocycles. The second kappa shape index (κ2) is 22.2. The molecule has 25 nitrogen and oxygen atoms in total. The van der Waals surface area contributed by atoms with Crippen LogP contribution in [0.25, 0.3) is 11.5 Å². The van der Waals surface area contributed by atoms with Crippen LogP contribution in [0.1, 0.15) is 83.6 Å². The van der Waals surface area contributed by atoms with E-state index in [0.29, 0.717) is 10.6 Å². The first kappa shape index (κ1) is 55.3. The number of oxime groups is 1. The van der Waals surface area contributed by atoms with Crippen LogP contribution in [-0.2, 0) is 65.7 Å². The maximum absolute atomic E-state index is 14.2. The predicted molar refractivity (Wildman–Crippen MR) is 274 cm³/mol. The molecule has 0 unspecified atom stereocenters. The summed E-state index contributed by atoms with van der Waals surface area (Å²) in [5, 5.41) is 18.7. The molecular weight excluding hydrogens is 1030 g/mol. The van der Waals surface area contributed by atoms with Gasteiger partial charge in [0.1, 0.15) is 41.8 Å². The summed E-state index contributed by atoms with van der Waals surface area (Å²) in [4.78, 5) is 95.3. The zero-order valence-corrected chi connectivity index (χ0v) is 44.8. The number of aromatic nitrogens is 7. The van der Waals surface area contributed by atoms with E-state index in [1.54, 1.807) is 71.0 Å². The topological polar surface area (TPSA) is 301 Å². The van der Waals surface area contributed by atoms with Gasteiger partial charge in [-0.2, -0.15) is 13.5 Å². The number of carbonyl (C=O) groups is 5.